The molecular weight excluding hydrogens is 239 g/mol. The van der Waals surface area contributed by atoms with E-state index in [9.17, 15) is 4.79 Å². The first-order chi connectivity index (χ1) is 6.59. The van der Waals surface area contributed by atoms with Crippen molar-refractivity contribution in [1.29, 1.82) is 0 Å². The van der Waals surface area contributed by atoms with Gasteiger partial charge in [0.05, 0.1) is 5.02 Å². The van der Waals surface area contributed by atoms with E-state index in [-0.39, 0.29) is 0 Å². The lowest BCUT2D eigenvalue weighted by Gasteiger charge is -1.91. The Bertz CT molecular complexity index is 516. The average molecular weight is 245 g/mol. The Kier molecular flexibility index (Phi) is 2.52. The first-order valence-electron chi connectivity index (χ1n) is 3.98. The van der Waals surface area contributed by atoms with Gasteiger partial charge in [0.2, 0.25) is 0 Å². The third-order valence-electron chi connectivity index (χ3n) is 1.96. The van der Waals surface area contributed by atoms with Crippen LogP contribution in [0.2, 0.25) is 5.02 Å². The number of benzene rings is 1. The Labute approximate surface area is 95.3 Å². The largest absolute Gasteiger partial charge is 0.275 e. The van der Waals surface area contributed by atoms with Crippen LogP contribution in [0.5, 0.6) is 0 Å². The highest BCUT2D eigenvalue weighted by Gasteiger charge is 2.14. The van der Waals surface area contributed by atoms with Crippen molar-refractivity contribution in [2.45, 2.75) is 6.92 Å². The minimum Gasteiger partial charge on any atom is -0.275 e. The molecule has 0 saturated heterocycles. The number of thiophene rings is 1. The Balaban J connectivity index is 2.79. The summed E-state index contributed by atoms with van der Waals surface area (Å²) in [7, 11) is 0. The van der Waals surface area contributed by atoms with Crippen LogP contribution in [0.25, 0.3) is 10.1 Å². The minimum absolute atomic E-state index is 0.425. The van der Waals surface area contributed by atoms with Gasteiger partial charge in [0, 0.05) is 10.1 Å². The van der Waals surface area contributed by atoms with Crippen LogP contribution < -0.4 is 0 Å². The van der Waals surface area contributed by atoms with Gasteiger partial charge in [-0.15, -0.1) is 11.3 Å². The van der Waals surface area contributed by atoms with Gasteiger partial charge in [0.1, 0.15) is 4.88 Å². The van der Waals surface area contributed by atoms with Gasteiger partial charge in [-0.1, -0.05) is 23.7 Å². The maximum Gasteiger partial charge on any atom is 0.263 e. The van der Waals surface area contributed by atoms with Crippen molar-refractivity contribution in [3.05, 3.63) is 33.7 Å². The number of hydrogen-bond acceptors (Lipinski definition) is 2. The molecule has 0 atom stereocenters. The third-order valence-corrected chi connectivity index (χ3v) is 3.92. The molecule has 72 valence electrons. The second kappa shape index (κ2) is 3.54. The van der Waals surface area contributed by atoms with E-state index < -0.39 is 5.24 Å². The Morgan fingerprint density at radius 1 is 1.43 bits per heavy atom. The minimum atomic E-state index is -0.492. The number of aryl methyl sites for hydroxylation is 1. The summed E-state index contributed by atoms with van der Waals surface area (Å²) in [4.78, 5) is 11.4. The average Bonchev–Trinajstić information content (AvgIpc) is 2.43. The topological polar surface area (TPSA) is 17.1 Å². The second-order valence-corrected chi connectivity index (χ2v) is 4.79. The molecule has 0 unspecified atom stereocenters. The van der Waals surface area contributed by atoms with Gasteiger partial charge >= 0.3 is 0 Å². The number of fused-ring (bicyclic) bond motifs is 1. The molecule has 0 spiro atoms. The van der Waals surface area contributed by atoms with E-state index in [0.717, 1.165) is 15.6 Å². The van der Waals surface area contributed by atoms with E-state index in [2.05, 4.69) is 0 Å². The van der Waals surface area contributed by atoms with Gasteiger partial charge in [-0.3, -0.25) is 4.79 Å². The highest BCUT2D eigenvalue weighted by atomic mass is 35.5. The molecule has 0 radical (unpaired) electrons. The van der Waals surface area contributed by atoms with Gasteiger partial charge in [-0.05, 0) is 30.2 Å². The summed E-state index contributed by atoms with van der Waals surface area (Å²) in [6.45, 7) is 2.00. The van der Waals surface area contributed by atoms with Crippen LogP contribution in [-0.4, -0.2) is 5.24 Å². The maximum absolute atomic E-state index is 11.0. The van der Waals surface area contributed by atoms with E-state index in [0.29, 0.717) is 9.90 Å². The molecule has 0 bridgehead atoms. The molecule has 4 heteroatoms. The lowest BCUT2D eigenvalue weighted by molar-refractivity contribution is 0.108. The molecule has 14 heavy (non-hydrogen) atoms. The monoisotopic (exact) mass is 244 g/mol. The van der Waals surface area contributed by atoms with Crippen molar-refractivity contribution in [3.8, 4) is 0 Å². The zero-order chi connectivity index (χ0) is 10.3. The fourth-order valence-electron chi connectivity index (χ4n) is 1.30. The lowest BCUT2D eigenvalue weighted by Crippen LogP contribution is -1.81. The van der Waals surface area contributed by atoms with Crippen LogP contribution in [0, 0.1) is 6.92 Å². The summed E-state index contributed by atoms with van der Waals surface area (Å²) >= 11 is 12.7. The Morgan fingerprint density at radius 2 is 2.14 bits per heavy atom. The van der Waals surface area contributed by atoms with Crippen molar-refractivity contribution < 1.29 is 4.79 Å². The Morgan fingerprint density at radius 3 is 2.79 bits per heavy atom. The SMILES string of the molecule is Cc1ccc2c(Cl)c(C(=O)Cl)sc2c1. The molecule has 0 aliphatic rings. The zero-order valence-electron chi connectivity index (χ0n) is 7.30. The highest BCUT2D eigenvalue weighted by molar-refractivity contribution is 7.23. The standard InChI is InChI=1S/C10H6Cl2OS/c1-5-2-3-6-7(4-5)14-9(8(6)11)10(12)13/h2-4H,1H3. The summed E-state index contributed by atoms with van der Waals surface area (Å²) in [5.74, 6) is 0. The number of carbonyl (C=O) groups is 1. The van der Waals surface area contributed by atoms with E-state index >= 15 is 0 Å². The van der Waals surface area contributed by atoms with Crippen LogP contribution in [0.4, 0.5) is 0 Å². The summed E-state index contributed by atoms with van der Waals surface area (Å²) in [5, 5.41) is 0.866. The summed E-state index contributed by atoms with van der Waals surface area (Å²) in [5.41, 5.74) is 1.14. The molecule has 0 amide bonds. The zero-order valence-corrected chi connectivity index (χ0v) is 9.63. The predicted octanol–water partition coefficient (Wildman–Crippen LogP) is 4.24. The normalized spacial score (nSPS) is 10.8. The van der Waals surface area contributed by atoms with Crippen LogP contribution in [0.3, 0.4) is 0 Å². The van der Waals surface area contributed by atoms with Crippen LogP contribution in [0.15, 0.2) is 18.2 Å². The first kappa shape index (κ1) is 9.97. The van der Waals surface area contributed by atoms with E-state index in [1.54, 1.807) is 0 Å². The maximum atomic E-state index is 11.0. The van der Waals surface area contributed by atoms with E-state index in [1.807, 2.05) is 25.1 Å². The molecule has 1 heterocycles. The summed E-state index contributed by atoms with van der Waals surface area (Å²) in [6.07, 6.45) is 0. The van der Waals surface area contributed by atoms with Crippen LogP contribution >= 0.6 is 34.5 Å². The molecule has 0 saturated carbocycles. The molecule has 2 aromatic rings. The van der Waals surface area contributed by atoms with Gasteiger partial charge in [-0.25, -0.2) is 0 Å². The molecule has 2 rings (SSSR count). The molecule has 0 aliphatic carbocycles. The van der Waals surface area contributed by atoms with Crippen molar-refractivity contribution in [3.63, 3.8) is 0 Å². The molecule has 1 aromatic heterocycles. The molecular formula is C10H6Cl2OS. The quantitative estimate of drug-likeness (QED) is 0.686. The molecule has 0 fully saturated rings. The van der Waals surface area contributed by atoms with Crippen molar-refractivity contribution in [2.24, 2.45) is 0 Å². The fraction of sp³-hybridized carbons (Fsp3) is 0.100. The molecule has 0 N–H and O–H groups in total. The fourth-order valence-corrected chi connectivity index (χ4v) is 3.00. The van der Waals surface area contributed by atoms with Crippen molar-refractivity contribution in [1.82, 2.24) is 0 Å². The van der Waals surface area contributed by atoms with E-state index in [1.165, 1.54) is 11.3 Å². The third kappa shape index (κ3) is 1.54. The van der Waals surface area contributed by atoms with Gasteiger partial charge < -0.3 is 0 Å². The number of hydrogen-bond donors (Lipinski definition) is 0. The predicted molar refractivity (Wildman–Crippen MR) is 61.8 cm³/mol. The number of carbonyl (C=O) groups excluding carboxylic acids is 1. The van der Waals surface area contributed by atoms with Crippen molar-refractivity contribution in [2.75, 3.05) is 0 Å². The number of rotatable bonds is 1. The second-order valence-electron chi connectivity index (χ2n) is 3.02. The number of halogens is 2. The van der Waals surface area contributed by atoms with E-state index in [4.69, 9.17) is 23.2 Å². The summed E-state index contributed by atoms with van der Waals surface area (Å²) in [6, 6.07) is 5.87. The van der Waals surface area contributed by atoms with Crippen molar-refractivity contribution >= 4 is 49.9 Å². The molecule has 1 nitrogen and oxygen atoms in total. The van der Waals surface area contributed by atoms with Gasteiger partial charge in [0.15, 0.2) is 0 Å². The van der Waals surface area contributed by atoms with Gasteiger partial charge in [0.25, 0.3) is 5.24 Å². The highest BCUT2D eigenvalue weighted by Crippen LogP contribution is 2.36. The smallest absolute Gasteiger partial charge is 0.263 e. The first-order valence-corrected chi connectivity index (χ1v) is 5.55. The molecule has 1 aromatic carbocycles. The Hall–Kier alpha value is -0.570. The van der Waals surface area contributed by atoms with Crippen LogP contribution in [0.1, 0.15) is 15.2 Å². The van der Waals surface area contributed by atoms with Crippen LogP contribution in [-0.2, 0) is 0 Å². The molecule has 0 aliphatic heterocycles. The lowest BCUT2D eigenvalue weighted by atomic mass is 10.2. The summed E-state index contributed by atoms with van der Waals surface area (Å²) < 4.78 is 0.999. The van der Waals surface area contributed by atoms with Gasteiger partial charge in [-0.2, -0.15) is 0 Å².